The fraction of sp³-hybridized carbons (Fsp3) is 0.136. The van der Waals surface area contributed by atoms with Crippen LogP contribution in [0.5, 0.6) is 5.75 Å². The Labute approximate surface area is 171 Å². The minimum atomic E-state index is -0.148. The van der Waals surface area contributed by atoms with Gasteiger partial charge in [0.1, 0.15) is 11.1 Å². The van der Waals surface area contributed by atoms with Crippen LogP contribution in [-0.2, 0) is 6.54 Å². The van der Waals surface area contributed by atoms with E-state index in [1.165, 1.54) is 0 Å². The second-order valence-electron chi connectivity index (χ2n) is 6.97. The average molecular weight is 399 g/mol. The van der Waals surface area contributed by atoms with Crippen molar-refractivity contribution in [2.24, 2.45) is 0 Å². The van der Waals surface area contributed by atoms with Crippen LogP contribution in [-0.4, -0.2) is 31.7 Å². The monoisotopic (exact) mass is 399 g/mol. The highest BCUT2D eigenvalue weighted by molar-refractivity contribution is 5.90. The lowest BCUT2D eigenvalue weighted by atomic mass is 10.1. The van der Waals surface area contributed by atoms with Gasteiger partial charge in [-0.2, -0.15) is 0 Å². The van der Waals surface area contributed by atoms with E-state index in [2.05, 4.69) is 20.1 Å². The minimum absolute atomic E-state index is 0.148. The number of methoxy groups -OCH3 is 1. The average Bonchev–Trinajstić information content (AvgIpc) is 3.14. The highest BCUT2D eigenvalue weighted by atomic mass is 16.5. The molecule has 0 saturated carbocycles. The summed E-state index contributed by atoms with van der Waals surface area (Å²) in [7, 11) is 1.62. The van der Waals surface area contributed by atoms with Gasteiger partial charge < -0.3 is 9.30 Å². The second-order valence-corrected chi connectivity index (χ2v) is 6.97. The number of benzene rings is 1. The molecule has 0 radical (unpaired) electrons. The zero-order valence-corrected chi connectivity index (χ0v) is 16.5. The molecular formula is C22H19N6O2+. The summed E-state index contributed by atoms with van der Waals surface area (Å²) in [6, 6.07) is 15.1. The van der Waals surface area contributed by atoms with Gasteiger partial charge in [-0.05, 0) is 30.3 Å². The van der Waals surface area contributed by atoms with Gasteiger partial charge in [-0.25, -0.2) is 5.10 Å². The van der Waals surface area contributed by atoms with Crippen LogP contribution in [0.15, 0.2) is 65.7 Å². The molecule has 0 amide bonds. The molecule has 0 spiro atoms. The second kappa shape index (κ2) is 7.07. The molecule has 5 aromatic rings. The first kappa shape index (κ1) is 18.0. The summed E-state index contributed by atoms with van der Waals surface area (Å²) in [5, 5.41) is 3.70. The van der Waals surface area contributed by atoms with E-state index in [1.807, 2.05) is 55.5 Å². The van der Waals surface area contributed by atoms with Crippen molar-refractivity contribution >= 4 is 16.7 Å². The molecule has 8 nitrogen and oxygen atoms in total. The van der Waals surface area contributed by atoms with E-state index >= 15 is 0 Å². The summed E-state index contributed by atoms with van der Waals surface area (Å²) in [4.78, 5) is 26.9. The predicted molar refractivity (Wildman–Crippen MR) is 111 cm³/mol. The van der Waals surface area contributed by atoms with Crippen molar-refractivity contribution in [2.45, 2.75) is 13.5 Å². The van der Waals surface area contributed by atoms with Gasteiger partial charge in [-0.3, -0.25) is 9.78 Å². The highest BCUT2D eigenvalue weighted by Gasteiger charge is 2.24. The van der Waals surface area contributed by atoms with Crippen molar-refractivity contribution in [3.63, 3.8) is 0 Å². The lowest BCUT2D eigenvalue weighted by molar-refractivity contribution is -0.567. The van der Waals surface area contributed by atoms with Crippen LogP contribution >= 0.6 is 0 Å². The van der Waals surface area contributed by atoms with Gasteiger partial charge in [0.05, 0.1) is 19.3 Å². The molecule has 0 saturated heterocycles. The Morgan fingerprint density at radius 3 is 2.83 bits per heavy atom. The Bertz CT molecular complexity index is 1440. The van der Waals surface area contributed by atoms with E-state index < -0.39 is 0 Å². The Balaban J connectivity index is 1.83. The maximum Gasteiger partial charge on any atom is 0.458 e. The number of ether oxygens (including phenoxy) is 1. The minimum Gasteiger partial charge on any atom is -0.497 e. The van der Waals surface area contributed by atoms with Gasteiger partial charge >= 0.3 is 5.78 Å². The number of hydrogen-bond donors (Lipinski definition) is 1. The number of fused-ring (bicyclic) bond motifs is 2. The quantitative estimate of drug-likeness (QED) is 0.468. The van der Waals surface area contributed by atoms with Crippen LogP contribution in [0.4, 0.5) is 0 Å². The Hall–Kier alpha value is -4.07. The first-order valence-corrected chi connectivity index (χ1v) is 9.50. The van der Waals surface area contributed by atoms with Crippen LogP contribution in [0.3, 0.4) is 0 Å². The van der Waals surface area contributed by atoms with Gasteiger partial charge in [0.2, 0.25) is 5.82 Å². The SMILES string of the molecule is COc1cccc(-c2c3c(=O)n(Cc4ccccn4)ccc3nc3nc(C)[nH][n+]23)c1. The molecule has 0 bridgehead atoms. The third kappa shape index (κ3) is 2.98. The summed E-state index contributed by atoms with van der Waals surface area (Å²) in [5.74, 6) is 1.91. The van der Waals surface area contributed by atoms with Crippen molar-refractivity contribution in [3.05, 3.63) is 82.8 Å². The highest BCUT2D eigenvalue weighted by Crippen LogP contribution is 2.25. The number of aryl methyl sites for hydroxylation is 1. The van der Waals surface area contributed by atoms with E-state index in [9.17, 15) is 4.79 Å². The number of rotatable bonds is 4. The van der Waals surface area contributed by atoms with Crippen molar-refractivity contribution in [2.75, 3.05) is 7.11 Å². The molecule has 8 heteroatoms. The van der Waals surface area contributed by atoms with Gasteiger partial charge in [0, 0.05) is 24.9 Å². The maximum absolute atomic E-state index is 13.5. The summed E-state index contributed by atoms with van der Waals surface area (Å²) < 4.78 is 8.79. The van der Waals surface area contributed by atoms with Crippen LogP contribution < -0.4 is 14.8 Å². The molecule has 4 heterocycles. The summed E-state index contributed by atoms with van der Waals surface area (Å²) in [5.41, 5.74) is 2.76. The fourth-order valence-electron chi connectivity index (χ4n) is 3.60. The topological polar surface area (TPSA) is 89.8 Å². The lowest BCUT2D eigenvalue weighted by Crippen LogP contribution is -2.32. The first-order chi connectivity index (χ1) is 14.6. The smallest absolute Gasteiger partial charge is 0.458 e. The number of aromatic nitrogens is 6. The van der Waals surface area contributed by atoms with E-state index in [1.54, 1.807) is 28.6 Å². The Morgan fingerprint density at radius 1 is 1.13 bits per heavy atom. The summed E-state index contributed by atoms with van der Waals surface area (Å²) in [6.45, 7) is 2.23. The summed E-state index contributed by atoms with van der Waals surface area (Å²) >= 11 is 0. The Morgan fingerprint density at radius 2 is 2.03 bits per heavy atom. The van der Waals surface area contributed by atoms with E-state index in [4.69, 9.17) is 4.74 Å². The maximum atomic E-state index is 13.5. The van der Waals surface area contributed by atoms with E-state index in [-0.39, 0.29) is 5.56 Å². The third-order valence-electron chi connectivity index (χ3n) is 4.97. The zero-order chi connectivity index (χ0) is 20.7. The number of nitrogens with one attached hydrogen (secondary N) is 1. The molecule has 1 N–H and O–H groups in total. The number of aromatic amines is 1. The van der Waals surface area contributed by atoms with E-state index in [0.29, 0.717) is 40.5 Å². The molecule has 0 atom stereocenters. The molecule has 0 aliphatic carbocycles. The molecule has 1 aromatic carbocycles. The largest absolute Gasteiger partial charge is 0.497 e. The molecule has 0 aliphatic heterocycles. The third-order valence-corrected chi connectivity index (χ3v) is 4.97. The van der Waals surface area contributed by atoms with Crippen LogP contribution in [0.1, 0.15) is 11.5 Å². The number of nitrogens with zero attached hydrogens (tertiary/aromatic N) is 5. The van der Waals surface area contributed by atoms with Gasteiger partial charge in [0.15, 0.2) is 11.2 Å². The molecule has 30 heavy (non-hydrogen) atoms. The predicted octanol–water partition coefficient (Wildman–Crippen LogP) is 2.29. The molecule has 0 aliphatic rings. The standard InChI is InChI=1S/C22H18N6O2/c1-14-24-22-25-18-9-11-27(13-16-7-3-4-10-23-16)21(29)19(18)20(28(22)26-14)15-6-5-8-17(12-15)30-2/h3-12H,13H2,1-2H3/p+1. The molecule has 148 valence electrons. The van der Waals surface area contributed by atoms with Crippen molar-refractivity contribution in [3.8, 4) is 17.0 Å². The van der Waals surface area contributed by atoms with Gasteiger partial charge in [-0.15, -0.1) is 4.52 Å². The molecule has 4 aromatic heterocycles. The van der Waals surface area contributed by atoms with Gasteiger partial charge in [0.25, 0.3) is 5.56 Å². The number of pyridine rings is 2. The zero-order valence-electron chi connectivity index (χ0n) is 16.5. The summed E-state index contributed by atoms with van der Waals surface area (Å²) in [6.07, 6.45) is 3.47. The van der Waals surface area contributed by atoms with Crippen molar-refractivity contribution < 1.29 is 9.25 Å². The van der Waals surface area contributed by atoms with Crippen LogP contribution in [0.25, 0.3) is 27.9 Å². The molecule has 0 fully saturated rings. The number of H-pyrrole nitrogens is 1. The van der Waals surface area contributed by atoms with Gasteiger partial charge in [-0.1, -0.05) is 28.2 Å². The molecular weight excluding hydrogens is 380 g/mol. The Kier molecular flexibility index (Phi) is 4.24. The fourth-order valence-corrected chi connectivity index (χ4v) is 3.60. The normalized spacial score (nSPS) is 11.3. The van der Waals surface area contributed by atoms with Crippen LogP contribution in [0.2, 0.25) is 0 Å². The van der Waals surface area contributed by atoms with E-state index in [0.717, 1.165) is 11.3 Å². The lowest BCUT2D eigenvalue weighted by Gasteiger charge is -2.09. The van der Waals surface area contributed by atoms with Crippen LogP contribution in [0, 0.1) is 6.92 Å². The number of hydrogen-bond acceptors (Lipinski definition) is 5. The molecule has 0 unspecified atom stereocenters. The first-order valence-electron chi connectivity index (χ1n) is 9.50. The van der Waals surface area contributed by atoms with Crippen molar-refractivity contribution in [1.82, 2.24) is 24.6 Å². The van der Waals surface area contributed by atoms with Crippen molar-refractivity contribution in [1.29, 1.82) is 0 Å². The molecule has 5 rings (SSSR count).